The minimum absolute atomic E-state index is 1.22. The summed E-state index contributed by atoms with van der Waals surface area (Å²) in [5.74, 6) is 0. The van der Waals surface area contributed by atoms with Gasteiger partial charge in [-0.25, -0.2) is 0 Å². The van der Waals surface area contributed by atoms with Crippen molar-refractivity contribution in [2.75, 3.05) is 0 Å². The highest BCUT2D eigenvalue weighted by molar-refractivity contribution is 4.82. The Kier molecular flexibility index (Phi) is 8.51. The van der Waals surface area contributed by atoms with E-state index in [0.717, 1.165) is 0 Å². The van der Waals surface area contributed by atoms with Crippen LogP contribution in [0.25, 0.3) is 0 Å². The summed E-state index contributed by atoms with van der Waals surface area (Å²) in [4.78, 5) is 0. The second-order valence-electron chi connectivity index (χ2n) is 2.60. The van der Waals surface area contributed by atoms with Gasteiger partial charge in [-0.05, 0) is 25.7 Å². The van der Waals surface area contributed by atoms with Gasteiger partial charge < -0.3 is 0 Å². The van der Waals surface area contributed by atoms with Gasteiger partial charge in [0, 0.05) is 0 Å². The predicted molar refractivity (Wildman–Crippen MR) is 47.9 cm³/mol. The van der Waals surface area contributed by atoms with Crippen LogP contribution in [0.4, 0.5) is 0 Å². The van der Waals surface area contributed by atoms with Crippen molar-refractivity contribution in [3.63, 3.8) is 0 Å². The normalized spacial score (nSPS) is 11.0. The smallest absolute Gasteiger partial charge is 0.0348 e. The van der Waals surface area contributed by atoms with Gasteiger partial charge in [0.2, 0.25) is 0 Å². The highest BCUT2D eigenvalue weighted by atomic mass is 13.9. The number of unbranched alkanes of at least 4 members (excludes halogenated alkanes) is 4. The van der Waals surface area contributed by atoms with Crippen molar-refractivity contribution < 1.29 is 0 Å². The lowest BCUT2D eigenvalue weighted by Crippen LogP contribution is -1.69. The monoisotopic (exact) mass is 139 g/mol. The number of hydrogen-bond acceptors (Lipinski definition) is 0. The second-order valence-corrected chi connectivity index (χ2v) is 2.60. The maximum absolute atomic E-state index is 2.30. The zero-order valence-electron chi connectivity index (χ0n) is 7.27. The molecule has 0 heterocycles. The first-order valence-electron chi connectivity index (χ1n) is 4.34. The highest BCUT2D eigenvalue weighted by Gasteiger charge is 1.79. The molecule has 0 saturated carbocycles. The molecule has 0 atom stereocenters. The molecule has 0 aromatic heterocycles. The van der Waals surface area contributed by atoms with Gasteiger partial charge in [-0.3, -0.25) is 0 Å². The summed E-state index contributed by atoms with van der Waals surface area (Å²) < 4.78 is 0. The predicted octanol–water partition coefficient (Wildman–Crippen LogP) is 3.74. The molecular formula is C10H19. The molecule has 0 aromatic carbocycles. The van der Waals surface area contributed by atoms with E-state index in [9.17, 15) is 0 Å². The standard InChI is InChI=1S/C10H19/c1-3-5-7-9-10-8-6-4-2/h3,9-10H,4-8H2,1-2H3/b10-9+. The maximum Gasteiger partial charge on any atom is -0.0348 e. The molecule has 59 valence electrons. The summed E-state index contributed by atoms with van der Waals surface area (Å²) in [6.45, 7) is 4.34. The van der Waals surface area contributed by atoms with Crippen LogP contribution in [0.15, 0.2) is 12.2 Å². The van der Waals surface area contributed by atoms with E-state index in [1.165, 1.54) is 32.1 Å². The van der Waals surface area contributed by atoms with E-state index in [0.29, 0.717) is 0 Å². The molecule has 0 rings (SSSR count). The molecule has 0 heteroatoms. The molecule has 0 saturated heterocycles. The summed E-state index contributed by atoms with van der Waals surface area (Å²) in [5, 5.41) is 0. The molecule has 0 aliphatic rings. The lowest BCUT2D eigenvalue weighted by atomic mass is 10.2. The zero-order valence-corrected chi connectivity index (χ0v) is 7.27. The van der Waals surface area contributed by atoms with E-state index in [1.54, 1.807) is 0 Å². The average Bonchev–Trinajstić information content (AvgIpc) is 1.97. The van der Waals surface area contributed by atoms with Crippen molar-refractivity contribution in [3.05, 3.63) is 18.6 Å². The Morgan fingerprint density at radius 3 is 2.30 bits per heavy atom. The summed E-state index contributed by atoms with van der Waals surface area (Å²) in [7, 11) is 0. The van der Waals surface area contributed by atoms with E-state index in [2.05, 4.69) is 32.4 Å². The topological polar surface area (TPSA) is 0 Å². The Hall–Kier alpha value is -0.260. The minimum Gasteiger partial charge on any atom is -0.0885 e. The molecule has 0 bridgehead atoms. The molecule has 0 unspecified atom stereocenters. The van der Waals surface area contributed by atoms with Crippen LogP contribution in [0.5, 0.6) is 0 Å². The fourth-order valence-corrected chi connectivity index (χ4v) is 0.821. The van der Waals surface area contributed by atoms with E-state index in [1.807, 2.05) is 0 Å². The zero-order chi connectivity index (χ0) is 7.66. The Morgan fingerprint density at radius 1 is 1.00 bits per heavy atom. The summed E-state index contributed by atoms with van der Waals surface area (Å²) >= 11 is 0. The summed E-state index contributed by atoms with van der Waals surface area (Å²) in [5.41, 5.74) is 0. The first kappa shape index (κ1) is 9.74. The van der Waals surface area contributed by atoms with Crippen LogP contribution in [0, 0.1) is 6.42 Å². The first-order chi connectivity index (χ1) is 4.91. The van der Waals surface area contributed by atoms with Gasteiger partial charge in [0.25, 0.3) is 0 Å². The number of hydrogen-bond donors (Lipinski definition) is 0. The van der Waals surface area contributed by atoms with Crippen molar-refractivity contribution in [3.8, 4) is 0 Å². The fourth-order valence-electron chi connectivity index (χ4n) is 0.821. The van der Waals surface area contributed by atoms with Crippen molar-refractivity contribution >= 4 is 0 Å². The molecule has 0 fully saturated rings. The Labute approximate surface area is 65.3 Å². The van der Waals surface area contributed by atoms with Gasteiger partial charge in [-0.2, -0.15) is 0 Å². The molecule has 0 spiro atoms. The minimum atomic E-state index is 1.22. The number of rotatable bonds is 6. The van der Waals surface area contributed by atoms with Gasteiger partial charge >= 0.3 is 0 Å². The third kappa shape index (κ3) is 7.74. The maximum atomic E-state index is 2.30. The van der Waals surface area contributed by atoms with Gasteiger partial charge in [0.1, 0.15) is 0 Å². The Morgan fingerprint density at radius 2 is 1.70 bits per heavy atom. The first-order valence-corrected chi connectivity index (χ1v) is 4.34. The third-order valence-corrected chi connectivity index (χ3v) is 1.51. The molecule has 10 heavy (non-hydrogen) atoms. The van der Waals surface area contributed by atoms with E-state index >= 15 is 0 Å². The lowest BCUT2D eigenvalue weighted by Gasteiger charge is -1.89. The summed E-state index contributed by atoms with van der Waals surface area (Å²) in [6, 6.07) is 0. The molecule has 1 radical (unpaired) electrons. The lowest BCUT2D eigenvalue weighted by molar-refractivity contribution is 0.810. The van der Waals surface area contributed by atoms with Crippen molar-refractivity contribution in [1.29, 1.82) is 0 Å². The molecule has 0 aromatic rings. The second kappa shape index (κ2) is 8.74. The number of allylic oxidation sites excluding steroid dienone is 2. The van der Waals surface area contributed by atoms with Crippen molar-refractivity contribution in [2.45, 2.75) is 46.0 Å². The highest BCUT2D eigenvalue weighted by Crippen LogP contribution is 1.98. The Bertz CT molecular complexity index is 62.1. The van der Waals surface area contributed by atoms with Gasteiger partial charge in [0.15, 0.2) is 0 Å². The van der Waals surface area contributed by atoms with Crippen LogP contribution in [0.3, 0.4) is 0 Å². The van der Waals surface area contributed by atoms with E-state index in [-0.39, 0.29) is 0 Å². The van der Waals surface area contributed by atoms with Gasteiger partial charge in [-0.1, -0.05) is 38.8 Å². The molecular weight excluding hydrogens is 120 g/mol. The quantitative estimate of drug-likeness (QED) is 0.388. The van der Waals surface area contributed by atoms with Crippen LogP contribution in [-0.4, -0.2) is 0 Å². The molecule has 0 N–H and O–H groups in total. The van der Waals surface area contributed by atoms with E-state index < -0.39 is 0 Å². The Balaban J connectivity index is 2.89. The molecule has 0 aliphatic carbocycles. The van der Waals surface area contributed by atoms with Crippen LogP contribution in [-0.2, 0) is 0 Å². The SMILES string of the molecule is C[CH]CC/C=C/CCCC. The largest absolute Gasteiger partial charge is 0.0885 e. The van der Waals surface area contributed by atoms with Crippen LogP contribution in [0.2, 0.25) is 0 Å². The van der Waals surface area contributed by atoms with Crippen LogP contribution < -0.4 is 0 Å². The van der Waals surface area contributed by atoms with Gasteiger partial charge in [-0.15, -0.1) is 0 Å². The third-order valence-electron chi connectivity index (χ3n) is 1.51. The average molecular weight is 139 g/mol. The molecule has 0 nitrogen and oxygen atoms in total. The van der Waals surface area contributed by atoms with Gasteiger partial charge in [0.05, 0.1) is 0 Å². The van der Waals surface area contributed by atoms with Crippen LogP contribution >= 0.6 is 0 Å². The molecule has 0 aliphatic heterocycles. The van der Waals surface area contributed by atoms with Crippen LogP contribution in [0.1, 0.15) is 46.0 Å². The van der Waals surface area contributed by atoms with E-state index in [4.69, 9.17) is 0 Å². The summed E-state index contributed by atoms with van der Waals surface area (Å²) in [6.07, 6.45) is 13.2. The molecule has 0 amide bonds. The van der Waals surface area contributed by atoms with Crippen molar-refractivity contribution in [1.82, 2.24) is 0 Å². The fraction of sp³-hybridized carbons (Fsp3) is 0.700. The van der Waals surface area contributed by atoms with Crippen molar-refractivity contribution in [2.24, 2.45) is 0 Å².